The number of fused-ring (bicyclic) bond motifs is 2. The number of carbonyl (C=O) groups is 1. The molecule has 1 N–H and O–H groups in total. The summed E-state index contributed by atoms with van der Waals surface area (Å²) in [5, 5.41) is 3.55. The smallest absolute Gasteiger partial charge is 0.322 e. The molecule has 1 saturated heterocycles. The molecule has 34 heavy (non-hydrogen) atoms. The maximum atomic E-state index is 13.0. The van der Waals surface area contributed by atoms with Crippen LogP contribution in [0.25, 0.3) is 0 Å². The average molecular weight is 475 g/mol. The van der Waals surface area contributed by atoms with Crippen LogP contribution in [-0.4, -0.2) is 47.3 Å². The highest BCUT2D eigenvalue weighted by atomic mass is 35.5. The van der Waals surface area contributed by atoms with Gasteiger partial charge >= 0.3 is 6.03 Å². The van der Waals surface area contributed by atoms with Gasteiger partial charge in [-0.05, 0) is 68.8 Å². The van der Waals surface area contributed by atoms with Crippen LogP contribution < -0.4 is 10.1 Å². The highest BCUT2D eigenvalue weighted by Crippen LogP contribution is 2.39. The van der Waals surface area contributed by atoms with E-state index in [1.54, 1.807) is 12.1 Å². The number of urea groups is 1. The first-order chi connectivity index (χ1) is 16.4. The second kappa shape index (κ2) is 9.03. The molecule has 0 radical (unpaired) electrons. The third kappa shape index (κ3) is 4.46. The van der Waals surface area contributed by atoms with Gasteiger partial charge in [0.25, 0.3) is 0 Å². The first-order valence-electron chi connectivity index (χ1n) is 11.4. The number of anilines is 1. The molecule has 2 aliphatic rings. The molecule has 3 aromatic carbocycles. The van der Waals surface area contributed by atoms with E-state index >= 15 is 0 Å². The summed E-state index contributed by atoms with van der Waals surface area (Å²) < 4.78 is 6.29. The summed E-state index contributed by atoms with van der Waals surface area (Å²) >= 11 is 6.06. The van der Waals surface area contributed by atoms with Crippen LogP contribution in [0.4, 0.5) is 16.2 Å². The highest BCUT2D eigenvalue weighted by Gasteiger charge is 2.31. The molecule has 6 nitrogen and oxygen atoms in total. The zero-order valence-corrected chi connectivity index (χ0v) is 20.3. The Morgan fingerprint density at radius 2 is 1.82 bits per heavy atom. The molecule has 2 amide bonds. The third-order valence-corrected chi connectivity index (χ3v) is 6.44. The molecular weight excluding hydrogens is 448 g/mol. The Labute approximate surface area is 204 Å². The quantitative estimate of drug-likeness (QED) is 0.445. The van der Waals surface area contributed by atoms with Crippen LogP contribution in [-0.2, 0) is 0 Å². The SMILES string of the molecule is Cc1ccc2c(c1)Oc1ccc(C)cc1C(N1CCN(C(=O)Nc3cccc(Cl)c3)[C@H](C)C1)=N2. The van der Waals surface area contributed by atoms with E-state index in [2.05, 4.69) is 36.2 Å². The fraction of sp³-hybridized carbons (Fsp3) is 0.259. The monoisotopic (exact) mass is 474 g/mol. The number of hydrogen-bond donors (Lipinski definition) is 1. The predicted molar refractivity (Wildman–Crippen MR) is 137 cm³/mol. The summed E-state index contributed by atoms with van der Waals surface area (Å²) in [6.45, 7) is 8.09. The van der Waals surface area contributed by atoms with Gasteiger partial charge in [0.15, 0.2) is 5.75 Å². The third-order valence-electron chi connectivity index (χ3n) is 6.20. The second-order valence-electron chi connectivity index (χ2n) is 8.94. The summed E-state index contributed by atoms with van der Waals surface area (Å²) in [4.78, 5) is 22.1. The fourth-order valence-corrected chi connectivity index (χ4v) is 4.64. The van der Waals surface area contributed by atoms with Gasteiger partial charge in [-0.25, -0.2) is 9.79 Å². The number of amides is 2. The van der Waals surface area contributed by atoms with Crippen LogP contribution in [0.15, 0.2) is 65.7 Å². The van der Waals surface area contributed by atoms with Crippen molar-refractivity contribution in [3.8, 4) is 11.5 Å². The van der Waals surface area contributed by atoms with Crippen molar-refractivity contribution in [3.63, 3.8) is 0 Å². The number of nitrogens with one attached hydrogen (secondary N) is 1. The molecular formula is C27H27ClN4O2. The number of piperazine rings is 1. The Balaban J connectivity index is 1.41. The molecule has 2 aliphatic heterocycles. The van der Waals surface area contributed by atoms with Gasteiger partial charge in [0.2, 0.25) is 0 Å². The average Bonchev–Trinajstić information content (AvgIpc) is 2.95. The Hall–Kier alpha value is -3.51. The fourth-order valence-electron chi connectivity index (χ4n) is 4.45. The van der Waals surface area contributed by atoms with E-state index in [9.17, 15) is 4.79 Å². The van der Waals surface area contributed by atoms with E-state index in [1.807, 2.05) is 48.2 Å². The van der Waals surface area contributed by atoms with Crippen molar-refractivity contribution < 1.29 is 9.53 Å². The molecule has 0 saturated carbocycles. The van der Waals surface area contributed by atoms with Crippen LogP contribution in [0, 0.1) is 13.8 Å². The van der Waals surface area contributed by atoms with Gasteiger partial charge in [-0.3, -0.25) is 0 Å². The maximum absolute atomic E-state index is 13.0. The molecule has 1 fully saturated rings. The number of ether oxygens (including phenoxy) is 1. The number of hydrogen-bond acceptors (Lipinski definition) is 4. The van der Waals surface area contributed by atoms with Gasteiger partial charge in [-0.2, -0.15) is 0 Å². The molecule has 0 spiro atoms. The van der Waals surface area contributed by atoms with E-state index in [0.717, 1.165) is 39.7 Å². The lowest BCUT2D eigenvalue weighted by Crippen LogP contribution is -2.56. The topological polar surface area (TPSA) is 57.2 Å². The van der Waals surface area contributed by atoms with Gasteiger partial charge in [-0.1, -0.05) is 35.4 Å². The van der Waals surface area contributed by atoms with Crippen molar-refractivity contribution in [2.24, 2.45) is 4.99 Å². The number of carbonyl (C=O) groups excluding carboxylic acids is 1. The van der Waals surface area contributed by atoms with Crippen molar-refractivity contribution in [2.45, 2.75) is 26.8 Å². The highest BCUT2D eigenvalue weighted by molar-refractivity contribution is 6.30. The minimum Gasteiger partial charge on any atom is -0.454 e. The largest absolute Gasteiger partial charge is 0.454 e. The van der Waals surface area contributed by atoms with Crippen molar-refractivity contribution in [3.05, 3.63) is 82.4 Å². The van der Waals surface area contributed by atoms with E-state index in [1.165, 1.54) is 0 Å². The van der Waals surface area contributed by atoms with Crippen LogP contribution in [0.3, 0.4) is 0 Å². The van der Waals surface area contributed by atoms with Gasteiger partial charge < -0.3 is 19.9 Å². The zero-order chi connectivity index (χ0) is 23.8. The number of rotatable bonds is 1. The summed E-state index contributed by atoms with van der Waals surface area (Å²) in [7, 11) is 0. The number of aryl methyl sites for hydroxylation is 2. The number of aliphatic imine (C=N–C) groups is 1. The van der Waals surface area contributed by atoms with Crippen LogP contribution >= 0.6 is 11.6 Å². The first-order valence-corrected chi connectivity index (χ1v) is 11.8. The molecule has 1 atom stereocenters. The molecule has 0 bridgehead atoms. The van der Waals surface area contributed by atoms with Gasteiger partial charge in [0.05, 0.1) is 5.56 Å². The van der Waals surface area contributed by atoms with Gasteiger partial charge in [0, 0.05) is 36.4 Å². The van der Waals surface area contributed by atoms with Crippen LogP contribution in [0.5, 0.6) is 11.5 Å². The van der Waals surface area contributed by atoms with E-state index < -0.39 is 0 Å². The van der Waals surface area contributed by atoms with Crippen molar-refractivity contribution >= 4 is 34.8 Å². The number of halogens is 1. The van der Waals surface area contributed by atoms with Crippen LogP contribution in [0.2, 0.25) is 5.02 Å². The minimum absolute atomic E-state index is 0.00875. The molecule has 3 aromatic rings. The summed E-state index contributed by atoms with van der Waals surface area (Å²) in [5.74, 6) is 2.43. The normalized spacial score (nSPS) is 17.2. The molecule has 2 heterocycles. The first kappa shape index (κ1) is 22.3. The number of benzene rings is 3. The molecule has 174 valence electrons. The zero-order valence-electron chi connectivity index (χ0n) is 19.5. The molecule has 0 aliphatic carbocycles. The predicted octanol–water partition coefficient (Wildman–Crippen LogP) is 6.38. The number of nitrogens with zero attached hydrogens (tertiary/aromatic N) is 3. The standard InChI is InChI=1S/C27H27ClN4O2/c1-17-8-10-24-22(13-17)26(30-23-9-7-18(2)14-25(23)34-24)31-11-12-32(19(3)16-31)27(33)29-21-6-4-5-20(28)15-21/h4-10,13-15,19H,11-12,16H2,1-3H3,(H,29,33)/t19-/m1/s1. The van der Waals surface area contributed by atoms with Crippen molar-refractivity contribution in [1.82, 2.24) is 9.80 Å². The Morgan fingerprint density at radius 3 is 2.62 bits per heavy atom. The van der Waals surface area contributed by atoms with E-state index in [-0.39, 0.29) is 12.1 Å². The lowest BCUT2D eigenvalue weighted by Gasteiger charge is -2.41. The molecule has 0 aromatic heterocycles. The van der Waals surface area contributed by atoms with E-state index in [4.69, 9.17) is 21.3 Å². The molecule has 7 heteroatoms. The van der Waals surface area contributed by atoms with E-state index in [0.29, 0.717) is 30.3 Å². The molecule has 0 unspecified atom stereocenters. The Kier molecular flexibility index (Phi) is 5.92. The summed E-state index contributed by atoms with van der Waals surface area (Å²) in [6.07, 6.45) is 0. The maximum Gasteiger partial charge on any atom is 0.322 e. The van der Waals surface area contributed by atoms with Crippen molar-refractivity contribution in [1.29, 1.82) is 0 Å². The summed E-state index contributed by atoms with van der Waals surface area (Å²) in [5.41, 5.74) is 4.73. The lowest BCUT2D eigenvalue weighted by atomic mass is 10.1. The summed E-state index contributed by atoms with van der Waals surface area (Å²) in [6, 6.07) is 19.3. The van der Waals surface area contributed by atoms with Gasteiger partial charge in [0.1, 0.15) is 17.3 Å². The van der Waals surface area contributed by atoms with Gasteiger partial charge in [-0.15, -0.1) is 0 Å². The lowest BCUT2D eigenvalue weighted by molar-refractivity contribution is 0.145. The Morgan fingerprint density at radius 1 is 1.03 bits per heavy atom. The Bertz CT molecular complexity index is 1290. The van der Waals surface area contributed by atoms with Crippen LogP contribution in [0.1, 0.15) is 23.6 Å². The second-order valence-corrected chi connectivity index (χ2v) is 9.37. The minimum atomic E-state index is -0.127. The number of amidine groups is 1. The van der Waals surface area contributed by atoms with Crippen molar-refractivity contribution in [2.75, 3.05) is 25.0 Å². The molecule has 5 rings (SSSR count).